The molecule has 29 heavy (non-hydrogen) atoms. The van der Waals surface area contributed by atoms with E-state index in [0.717, 1.165) is 31.2 Å². The van der Waals surface area contributed by atoms with Crippen LogP contribution >= 0.6 is 0 Å². The van der Waals surface area contributed by atoms with Gasteiger partial charge in [0.1, 0.15) is 11.9 Å². The number of hydrogen-bond donors (Lipinski definition) is 2. The van der Waals surface area contributed by atoms with Gasteiger partial charge < -0.3 is 10.4 Å². The molecule has 1 saturated carbocycles. The number of carboxylic acid groups (broad SMARTS) is 1. The van der Waals surface area contributed by atoms with Crippen molar-refractivity contribution in [3.8, 4) is 0 Å². The topological polar surface area (TPSA) is 87.5 Å². The zero-order chi connectivity index (χ0) is 20.4. The normalized spacial score (nSPS) is 24.2. The maximum absolute atomic E-state index is 12.8. The maximum Gasteiger partial charge on any atom is 0.320 e. The Balaban J connectivity index is 1.43. The van der Waals surface area contributed by atoms with Crippen LogP contribution in [0.1, 0.15) is 43.2 Å². The Kier molecular flexibility index (Phi) is 5.67. The van der Waals surface area contributed by atoms with E-state index in [0.29, 0.717) is 24.7 Å². The van der Waals surface area contributed by atoms with Crippen molar-refractivity contribution in [3.63, 3.8) is 0 Å². The standard InChI is InChI=1S/C22H28N4O3/c1-15-5-4-6-16(11-15)13-26-20(9-10-23-26)24-21(27)14-25-18-8-3-2-7-17(18)12-19(25)22(28)29/h4-6,9-11,17-19H,2-3,7-8,12-14H2,1H3,(H,24,27)(H,28,29). The van der Waals surface area contributed by atoms with Gasteiger partial charge in [0, 0.05) is 12.1 Å². The van der Waals surface area contributed by atoms with E-state index in [1.165, 1.54) is 5.56 Å². The third kappa shape index (κ3) is 4.34. The predicted molar refractivity (Wildman–Crippen MR) is 110 cm³/mol. The molecule has 0 spiro atoms. The van der Waals surface area contributed by atoms with Crippen LogP contribution in [0.25, 0.3) is 0 Å². The van der Waals surface area contributed by atoms with Crippen LogP contribution in [-0.4, -0.2) is 50.3 Å². The van der Waals surface area contributed by atoms with E-state index in [-0.39, 0.29) is 18.5 Å². The number of carbonyl (C=O) groups excluding carboxylic acids is 1. The van der Waals surface area contributed by atoms with E-state index in [2.05, 4.69) is 16.5 Å². The van der Waals surface area contributed by atoms with Crippen LogP contribution in [-0.2, 0) is 16.1 Å². The second-order valence-corrected chi connectivity index (χ2v) is 8.29. The molecule has 1 aliphatic heterocycles. The smallest absolute Gasteiger partial charge is 0.320 e. The number of nitrogens with one attached hydrogen (secondary N) is 1. The average molecular weight is 396 g/mol. The molecule has 0 bridgehead atoms. The minimum Gasteiger partial charge on any atom is -0.480 e. The fourth-order valence-corrected chi connectivity index (χ4v) is 4.92. The molecule has 2 aromatic rings. The van der Waals surface area contributed by atoms with Gasteiger partial charge >= 0.3 is 5.97 Å². The highest BCUT2D eigenvalue weighted by Gasteiger charge is 2.45. The molecule has 2 fully saturated rings. The number of benzene rings is 1. The minimum atomic E-state index is -0.823. The van der Waals surface area contributed by atoms with Gasteiger partial charge in [-0.3, -0.25) is 14.5 Å². The fourth-order valence-electron chi connectivity index (χ4n) is 4.92. The summed E-state index contributed by atoms with van der Waals surface area (Å²) in [6, 6.07) is 9.59. The first-order chi connectivity index (χ1) is 14.0. The summed E-state index contributed by atoms with van der Waals surface area (Å²) in [7, 11) is 0. The third-order valence-electron chi connectivity index (χ3n) is 6.23. The van der Waals surface area contributed by atoms with E-state index in [9.17, 15) is 14.7 Å². The number of aryl methyl sites for hydroxylation is 1. The van der Waals surface area contributed by atoms with Gasteiger partial charge in [0.2, 0.25) is 5.91 Å². The molecule has 1 aliphatic carbocycles. The van der Waals surface area contributed by atoms with Crippen molar-refractivity contribution in [2.24, 2.45) is 5.92 Å². The molecule has 2 N–H and O–H groups in total. The number of aliphatic carboxylic acids is 1. The second kappa shape index (κ2) is 8.37. The Bertz CT molecular complexity index is 894. The Morgan fingerprint density at radius 2 is 2.07 bits per heavy atom. The largest absolute Gasteiger partial charge is 0.480 e. The molecule has 7 heteroatoms. The van der Waals surface area contributed by atoms with E-state index in [1.807, 2.05) is 30.0 Å². The highest BCUT2D eigenvalue weighted by atomic mass is 16.4. The lowest BCUT2D eigenvalue weighted by atomic mass is 9.85. The fraction of sp³-hybridized carbons (Fsp3) is 0.500. The van der Waals surface area contributed by atoms with Gasteiger partial charge in [0.15, 0.2) is 0 Å². The van der Waals surface area contributed by atoms with Gasteiger partial charge in [-0.25, -0.2) is 4.68 Å². The van der Waals surface area contributed by atoms with E-state index in [4.69, 9.17) is 0 Å². The summed E-state index contributed by atoms with van der Waals surface area (Å²) in [5.74, 6) is 0.0115. The Morgan fingerprint density at radius 3 is 2.86 bits per heavy atom. The van der Waals surface area contributed by atoms with Gasteiger partial charge in [0.25, 0.3) is 0 Å². The minimum absolute atomic E-state index is 0.105. The Morgan fingerprint density at radius 1 is 1.24 bits per heavy atom. The van der Waals surface area contributed by atoms with Crippen molar-refractivity contribution < 1.29 is 14.7 Å². The van der Waals surface area contributed by atoms with Crippen LogP contribution in [0.15, 0.2) is 36.5 Å². The highest BCUT2D eigenvalue weighted by molar-refractivity contribution is 5.92. The number of anilines is 1. The number of aromatic nitrogens is 2. The van der Waals surface area contributed by atoms with Gasteiger partial charge in [-0.1, -0.05) is 42.7 Å². The van der Waals surface area contributed by atoms with Crippen LogP contribution in [0.2, 0.25) is 0 Å². The molecule has 1 saturated heterocycles. The molecule has 2 aliphatic rings. The van der Waals surface area contributed by atoms with Gasteiger partial charge in [-0.05, 0) is 37.7 Å². The van der Waals surface area contributed by atoms with Gasteiger partial charge in [-0.15, -0.1) is 0 Å². The molecule has 3 unspecified atom stereocenters. The number of nitrogens with zero attached hydrogens (tertiary/aromatic N) is 3. The SMILES string of the molecule is Cc1cccc(Cn2nccc2NC(=O)CN2C(C(=O)O)CC3CCCCC32)c1. The molecule has 7 nitrogen and oxygen atoms in total. The molecule has 2 heterocycles. The Labute approximate surface area is 170 Å². The Hall–Kier alpha value is -2.67. The number of rotatable bonds is 6. The number of likely N-dealkylation sites (tertiary alicyclic amines) is 1. The molecule has 154 valence electrons. The summed E-state index contributed by atoms with van der Waals surface area (Å²) in [6.45, 7) is 2.72. The third-order valence-corrected chi connectivity index (χ3v) is 6.23. The summed E-state index contributed by atoms with van der Waals surface area (Å²) < 4.78 is 1.76. The van der Waals surface area contributed by atoms with Crippen molar-refractivity contribution in [1.29, 1.82) is 0 Å². The zero-order valence-electron chi connectivity index (χ0n) is 16.8. The summed E-state index contributed by atoms with van der Waals surface area (Å²) in [5, 5.41) is 16.9. The van der Waals surface area contributed by atoms with Crippen molar-refractivity contribution in [3.05, 3.63) is 47.7 Å². The molecule has 1 amide bonds. The summed E-state index contributed by atoms with van der Waals surface area (Å²) in [6.07, 6.45) is 6.63. The van der Waals surface area contributed by atoms with Gasteiger partial charge in [0.05, 0.1) is 19.3 Å². The van der Waals surface area contributed by atoms with Crippen molar-refractivity contribution in [2.45, 2.75) is 57.7 Å². The second-order valence-electron chi connectivity index (χ2n) is 8.29. The lowest BCUT2D eigenvalue weighted by Crippen LogP contribution is -2.46. The van der Waals surface area contributed by atoms with Crippen molar-refractivity contribution >= 4 is 17.7 Å². The predicted octanol–water partition coefficient (Wildman–Crippen LogP) is 2.90. The molecule has 1 aromatic heterocycles. The highest BCUT2D eigenvalue weighted by Crippen LogP contribution is 2.39. The number of fused-ring (bicyclic) bond motifs is 1. The van der Waals surface area contributed by atoms with Crippen LogP contribution in [0.4, 0.5) is 5.82 Å². The number of carbonyl (C=O) groups is 2. The molecule has 1 aromatic carbocycles. The monoisotopic (exact) mass is 396 g/mol. The van der Waals surface area contributed by atoms with Crippen molar-refractivity contribution in [2.75, 3.05) is 11.9 Å². The molecule has 3 atom stereocenters. The molecule has 0 radical (unpaired) electrons. The van der Waals surface area contributed by atoms with Gasteiger partial charge in [-0.2, -0.15) is 5.10 Å². The van der Waals surface area contributed by atoms with Crippen LogP contribution < -0.4 is 5.32 Å². The van der Waals surface area contributed by atoms with E-state index >= 15 is 0 Å². The van der Waals surface area contributed by atoms with Crippen LogP contribution in [0.5, 0.6) is 0 Å². The molecule has 4 rings (SSSR count). The first-order valence-corrected chi connectivity index (χ1v) is 10.4. The number of amides is 1. The lowest BCUT2D eigenvalue weighted by Gasteiger charge is -2.32. The first kappa shape index (κ1) is 19.6. The van der Waals surface area contributed by atoms with Crippen molar-refractivity contribution in [1.82, 2.24) is 14.7 Å². The first-order valence-electron chi connectivity index (χ1n) is 10.4. The van der Waals surface area contributed by atoms with Crippen LogP contribution in [0.3, 0.4) is 0 Å². The summed E-state index contributed by atoms with van der Waals surface area (Å²) >= 11 is 0. The number of hydrogen-bond acceptors (Lipinski definition) is 4. The molecular formula is C22H28N4O3. The lowest BCUT2D eigenvalue weighted by molar-refractivity contribution is -0.143. The summed E-state index contributed by atoms with van der Waals surface area (Å²) in [4.78, 5) is 26.4. The summed E-state index contributed by atoms with van der Waals surface area (Å²) in [5.41, 5.74) is 2.29. The van der Waals surface area contributed by atoms with E-state index in [1.54, 1.807) is 16.9 Å². The van der Waals surface area contributed by atoms with Crippen LogP contribution in [0, 0.1) is 12.8 Å². The molecular weight excluding hydrogens is 368 g/mol. The quantitative estimate of drug-likeness (QED) is 0.784. The van der Waals surface area contributed by atoms with E-state index < -0.39 is 12.0 Å². The number of carboxylic acids is 1. The maximum atomic E-state index is 12.8. The zero-order valence-corrected chi connectivity index (χ0v) is 16.8. The average Bonchev–Trinajstić information content (AvgIpc) is 3.27.